The highest BCUT2D eigenvalue weighted by molar-refractivity contribution is 5.98. The normalized spacial score (nSPS) is 24.3. The van der Waals surface area contributed by atoms with E-state index in [-0.39, 0.29) is 35.1 Å². The molecule has 1 aliphatic carbocycles. The van der Waals surface area contributed by atoms with Crippen molar-refractivity contribution in [3.05, 3.63) is 60.1 Å². The number of halogens is 4. The minimum Gasteiger partial charge on any atom is -0.471 e. The van der Waals surface area contributed by atoms with Crippen molar-refractivity contribution in [1.29, 1.82) is 0 Å². The SMILES string of the molecule is C[C@@H]1[C@H]2C[C@@H](Oc3cnc(C(F)(F)F)cn3)[C@H](C2)N1C(=O)c1cccc(F)c1-n1nccn1. The summed E-state index contributed by atoms with van der Waals surface area (Å²) < 4.78 is 58.7. The first-order chi connectivity index (χ1) is 15.7. The van der Waals surface area contributed by atoms with Gasteiger partial charge >= 0.3 is 6.18 Å². The Morgan fingerprint density at radius 1 is 1.12 bits per heavy atom. The molecular formula is C21H18F4N6O2. The van der Waals surface area contributed by atoms with Crippen LogP contribution in [0, 0.1) is 11.7 Å². The van der Waals surface area contributed by atoms with Crippen LogP contribution in [0.1, 0.15) is 35.8 Å². The number of likely N-dealkylation sites (tertiary alicyclic amines) is 1. The topological polar surface area (TPSA) is 86.0 Å². The van der Waals surface area contributed by atoms with Crippen LogP contribution < -0.4 is 4.74 Å². The lowest BCUT2D eigenvalue weighted by Crippen LogP contribution is -2.51. The smallest absolute Gasteiger partial charge is 0.434 e. The van der Waals surface area contributed by atoms with Crippen molar-refractivity contribution in [3.63, 3.8) is 0 Å². The molecule has 5 rings (SSSR count). The van der Waals surface area contributed by atoms with Gasteiger partial charge in [-0.3, -0.25) is 4.79 Å². The largest absolute Gasteiger partial charge is 0.471 e. The number of fused-ring (bicyclic) bond motifs is 2. The predicted octanol–water partition coefficient (Wildman–Crippen LogP) is 3.29. The first-order valence-corrected chi connectivity index (χ1v) is 10.3. The van der Waals surface area contributed by atoms with Crippen molar-refractivity contribution in [2.24, 2.45) is 5.92 Å². The highest BCUT2D eigenvalue weighted by atomic mass is 19.4. The van der Waals surface area contributed by atoms with Gasteiger partial charge in [0, 0.05) is 6.04 Å². The Labute approximate surface area is 185 Å². The van der Waals surface area contributed by atoms with E-state index >= 15 is 0 Å². The number of aromatic nitrogens is 5. The van der Waals surface area contributed by atoms with E-state index in [9.17, 15) is 22.4 Å². The van der Waals surface area contributed by atoms with Crippen LogP contribution in [0.4, 0.5) is 17.6 Å². The lowest BCUT2D eigenvalue weighted by atomic mass is 9.98. The Morgan fingerprint density at radius 3 is 2.52 bits per heavy atom. The van der Waals surface area contributed by atoms with Gasteiger partial charge in [-0.1, -0.05) is 6.07 Å². The molecule has 1 aromatic carbocycles. The van der Waals surface area contributed by atoms with Gasteiger partial charge in [0.25, 0.3) is 5.91 Å². The fourth-order valence-electron chi connectivity index (χ4n) is 4.73. The van der Waals surface area contributed by atoms with Gasteiger partial charge in [-0.15, -0.1) is 4.80 Å². The summed E-state index contributed by atoms with van der Waals surface area (Å²) in [5.74, 6) is -0.950. The van der Waals surface area contributed by atoms with E-state index in [4.69, 9.17) is 4.74 Å². The molecule has 0 unspecified atom stereocenters. The molecule has 2 aliphatic rings. The van der Waals surface area contributed by atoms with Crippen molar-refractivity contribution in [3.8, 4) is 11.6 Å². The summed E-state index contributed by atoms with van der Waals surface area (Å²) in [6.07, 6.45) is 0.532. The van der Waals surface area contributed by atoms with E-state index < -0.39 is 29.7 Å². The van der Waals surface area contributed by atoms with Gasteiger partial charge < -0.3 is 9.64 Å². The zero-order valence-corrected chi connectivity index (χ0v) is 17.3. The molecule has 0 radical (unpaired) electrons. The summed E-state index contributed by atoms with van der Waals surface area (Å²) in [5.41, 5.74) is -1.05. The number of amides is 1. The van der Waals surface area contributed by atoms with E-state index in [0.717, 1.165) is 11.0 Å². The molecule has 3 heterocycles. The second-order valence-corrected chi connectivity index (χ2v) is 8.10. The number of benzene rings is 1. The van der Waals surface area contributed by atoms with E-state index in [1.807, 2.05) is 6.92 Å². The molecule has 3 aromatic rings. The first kappa shape index (κ1) is 21.3. The average Bonchev–Trinajstić information content (AvgIpc) is 3.50. The molecule has 2 bridgehead atoms. The maximum Gasteiger partial charge on any atom is 0.434 e. The zero-order valence-electron chi connectivity index (χ0n) is 17.3. The molecule has 1 aliphatic heterocycles. The molecule has 8 nitrogen and oxygen atoms in total. The molecule has 0 N–H and O–H groups in total. The number of alkyl halides is 3. The first-order valence-electron chi connectivity index (χ1n) is 10.3. The van der Waals surface area contributed by atoms with Crippen LogP contribution >= 0.6 is 0 Å². The number of hydrogen-bond donors (Lipinski definition) is 0. The molecule has 2 fully saturated rings. The number of carbonyl (C=O) groups excluding carboxylic acids is 1. The molecule has 4 atom stereocenters. The fraction of sp³-hybridized carbons (Fsp3) is 0.381. The monoisotopic (exact) mass is 462 g/mol. The minimum atomic E-state index is -4.59. The number of carbonyl (C=O) groups is 1. The van der Waals surface area contributed by atoms with Crippen LogP contribution in [-0.2, 0) is 6.18 Å². The summed E-state index contributed by atoms with van der Waals surface area (Å²) in [4.78, 5) is 23.4. The van der Waals surface area contributed by atoms with Gasteiger partial charge in [0.05, 0.1) is 36.4 Å². The van der Waals surface area contributed by atoms with Crippen LogP contribution in [0.15, 0.2) is 43.0 Å². The van der Waals surface area contributed by atoms with Crippen LogP contribution in [0.3, 0.4) is 0 Å². The summed E-state index contributed by atoms with van der Waals surface area (Å²) in [6.45, 7) is 1.92. The Balaban J connectivity index is 1.40. The molecule has 1 amide bonds. The lowest BCUT2D eigenvalue weighted by molar-refractivity contribution is -0.141. The molecule has 172 valence electrons. The van der Waals surface area contributed by atoms with E-state index in [1.165, 1.54) is 30.6 Å². The number of piperidine rings is 1. The van der Waals surface area contributed by atoms with Crippen molar-refractivity contribution in [2.45, 2.75) is 44.1 Å². The molecule has 2 aromatic heterocycles. The minimum absolute atomic E-state index is 0.0476. The zero-order chi connectivity index (χ0) is 23.3. The van der Waals surface area contributed by atoms with Crippen LogP contribution in [0.2, 0.25) is 0 Å². The summed E-state index contributed by atoms with van der Waals surface area (Å²) in [6, 6.07) is 3.72. The van der Waals surface area contributed by atoms with E-state index in [1.54, 1.807) is 4.90 Å². The van der Waals surface area contributed by atoms with Crippen molar-refractivity contribution in [1.82, 2.24) is 29.9 Å². The van der Waals surface area contributed by atoms with Crippen molar-refractivity contribution in [2.75, 3.05) is 0 Å². The molecule has 1 saturated heterocycles. The Bertz CT molecular complexity index is 1170. The summed E-state index contributed by atoms with van der Waals surface area (Å²) >= 11 is 0. The highest BCUT2D eigenvalue weighted by Gasteiger charge is 2.53. The summed E-state index contributed by atoms with van der Waals surface area (Å²) in [5, 5.41) is 7.91. The predicted molar refractivity (Wildman–Crippen MR) is 105 cm³/mol. The van der Waals surface area contributed by atoms with Gasteiger partial charge in [-0.25, -0.2) is 14.4 Å². The van der Waals surface area contributed by atoms with Crippen molar-refractivity contribution >= 4 is 5.91 Å². The third-order valence-corrected chi connectivity index (χ3v) is 6.25. The molecule has 12 heteroatoms. The van der Waals surface area contributed by atoms with Crippen molar-refractivity contribution < 1.29 is 27.1 Å². The third kappa shape index (κ3) is 3.68. The number of hydrogen-bond acceptors (Lipinski definition) is 6. The number of rotatable bonds is 4. The second kappa shape index (κ2) is 7.78. The van der Waals surface area contributed by atoms with Crippen LogP contribution in [-0.4, -0.2) is 54.0 Å². The van der Waals surface area contributed by atoms with E-state index in [2.05, 4.69) is 20.2 Å². The molecule has 1 saturated carbocycles. The summed E-state index contributed by atoms with van der Waals surface area (Å²) in [7, 11) is 0. The average molecular weight is 462 g/mol. The Kier molecular flexibility index (Phi) is 5.02. The highest BCUT2D eigenvalue weighted by Crippen LogP contribution is 2.45. The lowest BCUT2D eigenvalue weighted by Gasteiger charge is -2.37. The second-order valence-electron chi connectivity index (χ2n) is 8.10. The Morgan fingerprint density at radius 2 is 1.88 bits per heavy atom. The number of ether oxygens (including phenoxy) is 1. The number of nitrogens with zero attached hydrogens (tertiary/aromatic N) is 6. The van der Waals surface area contributed by atoms with Crippen LogP contribution in [0.25, 0.3) is 5.69 Å². The number of para-hydroxylation sites is 1. The Hall–Kier alpha value is -3.57. The fourth-order valence-corrected chi connectivity index (χ4v) is 4.73. The molecule has 0 spiro atoms. The maximum absolute atomic E-state index is 14.6. The van der Waals surface area contributed by atoms with Gasteiger partial charge in [-0.05, 0) is 37.8 Å². The molecule has 33 heavy (non-hydrogen) atoms. The standard InChI is InChI=1S/C21H18F4N6O2/c1-11-12-7-15(16(8-12)33-18-10-26-17(9-27-18)21(23,24)25)30(11)20(32)13-3-2-4-14(22)19(13)31-28-5-6-29-31/h2-6,9-12,15-16H,7-8H2,1H3/t11-,12-,15+,16-/m1/s1. The quantitative estimate of drug-likeness (QED) is 0.554. The van der Waals surface area contributed by atoms with E-state index in [0.29, 0.717) is 19.0 Å². The maximum atomic E-state index is 14.6. The van der Waals surface area contributed by atoms with Gasteiger partial charge in [0.2, 0.25) is 5.88 Å². The van der Waals surface area contributed by atoms with Gasteiger partial charge in [0.1, 0.15) is 11.8 Å². The molecular weight excluding hydrogens is 444 g/mol. The van der Waals surface area contributed by atoms with Gasteiger partial charge in [-0.2, -0.15) is 23.4 Å². The van der Waals surface area contributed by atoms with Gasteiger partial charge in [0.15, 0.2) is 11.5 Å². The van der Waals surface area contributed by atoms with Crippen LogP contribution in [0.5, 0.6) is 5.88 Å². The third-order valence-electron chi connectivity index (χ3n) is 6.25.